The van der Waals surface area contributed by atoms with E-state index < -0.39 is 0 Å². The van der Waals surface area contributed by atoms with Gasteiger partial charge in [-0.2, -0.15) is 5.10 Å². The number of rotatable bonds is 5. The van der Waals surface area contributed by atoms with Gasteiger partial charge in [-0.1, -0.05) is 36.4 Å². The number of hydrogen-bond donors (Lipinski definition) is 1. The maximum absolute atomic E-state index is 5.15. The number of anilines is 1. The smallest absolute Gasteiger partial charge is 0.203 e. The van der Waals surface area contributed by atoms with Crippen molar-refractivity contribution in [1.29, 1.82) is 0 Å². The third-order valence-corrected chi connectivity index (χ3v) is 4.79. The van der Waals surface area contributed by atoms with E-state index in [1.165, 1.54) is 22.1 Å². The van der Waals surface area contributed by atoms with E-state index in [2.05, 4.69) is 45.8 Å². The maximum Gasteiger partial charge on any atom is 0.203 e. The summed E-state index contributed by atoms with van der Waals surface area (Å²) in [5.41, 5.74) is 6.04. The van der Waals surface area contributed by atoms with Crippen LogP contribution >= 0.6 is 11.3 Å². The number of ether oxygens (including phenoxy) is 1. The Morgan fingerprint density at radius 3 is 2.62 bits per heavy atom. The first-order valence-corrected chi connectivity index (χ1v) is 9.07. The molecule has 128 valence electrons. The van der Waals surface area contributed by atoms with E-state index in [9.17, 15) is 0 Å². The summed E-state index contributed by atoms with van der Waals surface area (Å²) >= 11 is 1.54. The van der Waals surface area contributed by atoms with Crippen LogP contribution in [0, 0.1) is 0 Å². The molecule has 3 aromatic carbocycles. The summed E-state index contributed by atoms with van der Waals surface area (Å²) in [6.45, 7) is 0. The highest BCUT2D eigenvalue weighted by Gasteiger charge is 2.05. The molecule has 4 nitrogen and oxygen atoms in total. The van der Waals surface area contributed by atoms with Crippen molar-refractivity contribution >= 4 is 33.5 Å². The zero-order chi connectivity index (χ0) is 17.8. The minimum atomic E-state index is 0.762. The number of nitrogens with zero attached hydrogens (tertiary/aromatic N) is 2. The van der Waals surface area contributed by atoms with Gasteiger partial charge in [-0.15, -0.1) is 11.3 Å². The molecule has 4 aromatic rings. The highest BCUT2D eigenvalue weighted by atomic mass is 32.1. The molecular formula is C21H17N3OS. The molecule has 26 heavy (non-hydrogen) atoms. The minimum absolute atomic E-state index is 0.762. The third kappa shape index (κ3) is 3.58. The Bertz CT molecular complexity index is 1050. The Morgan fingerprint density at radius 1 is 1.00 bits per heavy atom. The van der Waals surface area contributed by atoms with Gasteiger partial charge < -0.3 is 4.74 Å². The topological polar surface area (TPSA) is 46.5 Å². The SMILES string of the molecule is COc1ccc(/C=N\Nc2nc(-c3ccc4ccccc4c3)cs2)cc1. The van der Waals surface area contributed by atoms with Crippen LogP contribution in [0.25, 0.3) is 22.0 Å². The van der Waals surface area contributed by atoms with E-state index in [0.717, 1.165) is 27.7 Å². The second kappa shape index (κ2) is 7.37. The first kappa shape index (κ1) is 16.3. The van der Waals surface area contributed by atoms with Crippen molar-refractivity contribution in [2.45, 2.75) is 0 Å². The Hall–Kier alpha value is -3.18. The van der Waals surface area contributed by atoms with E-state index in [1.807, 2.05) is 41.8 Å². The molecule has 0 saturated heterocycles. The Balaban J connectivity index is 1.47. The monoisotopic (exact) mass is 359 g/mol. The van der Waals surface area contributed by atoms with Gasteiger partial charge in [0.15, 0.2) is 0 Å². The molecule has 0 bridgehead atoms. The summed E-state index contributed by atoms with van der Waals surface area (Å²) in [6, 6.07) is 22.4. The zero-order valence-electron chi connectivity index (χ0n) is 14.2. The first-order valence-electron chi connectivity index (χ1n) is 8.20. The number of thiazole rings is 1. The van der Waals surface area contributed by atoms with Gasteiger partial charge >= 0.3 is 0 Å². The van der Waals surface area contributed by atoms with Crippen molar-refractivity contribution < 1.29 is 4.74 Å². The molecule has 1 heterocycles. The fourth-order valence-electron chi connectivity index (χ4n) is 2.66. The standard InChI is InChI=1S/C21H17N3OS/c1-25-19-10-6-15(7-11-19)13-22-24-21-23-20(14-26-21)18-9-8-16-4-2-3-5-17(16)12-18/h2-14H,1H3,(H,23,24)/b22-13-. The molecule has 0 unspecified atom stereocenters. The van der Waals surface area contributed by atoms with Crippen LogP contribution in [0.5, 0.6) is 5.75 Å². The molecule has 0 fully saturated rings. The van der Waals surface area contributed by atoms with Crippen LogP contribution in [0.4, 0.5) is 5.13 Å². The lowest BCUT2D eigenvalue weighted by atomic mass is 10.1. The van der Waals surface area contributed by atoms with Gasteiger partial charge in [0.1, 0.15) is 5.75 Å². The summed E-state index contributed by atoms with van der Waals surface area (Å²) in [5, 5.41) is 9.50. The van der Waals surface area contributed by atoms with Crippen LogP contribution in [-0.4, -0.2) is 18.3 Å². The second-order valence-electron chi connectivity index (χ2n) is 5.74. The van der Waals surface area contributed by atoms with Crippen LogP contribution in [0.1, 0.15) is 5.56 Å². The van der Waals surface area contributed by atoms with Crippen LogP contribution in [0.3, 0.4) is 0 Å². The Kier molecular flexibility index (Phi) is 4.62. The average Bonchev–Trinajstić information content (AvgIpc) is 3.17. The number of benzene rings is 3. The van der Waals surface area contributed by atoms with Crippen LogP contribution < -0.4 is 10.2 Å². The fourth-order valence-corrected chi connectivity index (χ4v) is 3.33. The van der Waals surface area contributed by atoms with Gasteiger partial charge in [-0.3, -0.25) is 5.43 Å². The lowest BCUT2D eigenvalue weighted by Crippen LogP contribution is -1.90. The highest BCUT2D eigenvalue weighted by Crippen LogP contribution is 2.27. The lowest BCUT2D eigenvalue weighted by Gasteiger charge is -2.01. The van der Waals surface area contributed by atoms with E-state index in [0.29, 0.717) is 0 Å². The number of hydrazone groups is 1. The molecular weight excluding hydrogens is 342 g/mol. The summed E-state index contributed by atoms with van der Waals surface area (Å²) in [6.07, 6.45) is 1.76. The van der Waals surface area contributed by atoms with Crippen molar-refractivity contribution in [2.75, 3.05) is 12.5 Å². The molecule has 0 spiro atoms. The van der Waals surface area contributed by atoms with Crippen LogP contribution in [-0.2, 0) is 0 Å². The van der Waals surface area contributed by atoms with Crippen LogP contribution in [0.2, 0.25) is 0 Å². The number of nitrogens with one attached hydrogen (secondary N) is 1. The van der Waals surface area contributed by atoms with Gasteiger partial charge in [-0.25, -0.2) is 4.98 Å². The van der Waals surface area contributed by atoms with E-state index in [-0.39, 0.29) is 0 Å². The molecule has 0 aliphatic rings. The molecule has 4 rings (SSSR count). The van der Waals surface area contributed by atoms with Gasteiger partial charge in [-0.05, 0) is 46.7 Å². The normalized spacial score (nSPS) is 11.1. The number of fused-ring (bicyclic) bond motifs is 1. The summed E-state index contributed by atoms with van der Waals surface area (Å²) < 4.78 is 5.15. The summed E-state index contributed by atoms with van der Waals surface area (Å²) in [4.78, 5) is 4.62. The predicted molar refractivity (Wildman–Crippen MR) is 109 cm³/mol. The zero-order valence-corrected chi connectivity index (χ0v) is 15.0. The van der Waals surface area contributed by atoms with Crippen LogP contribution in [0.15, 0.2) is 77.2 Å². The van der Waals surface area contributed by atoms with Gasteiger partial charge in [0.05, 0.1) is 19.0 Å². The highest BCUT2D eigenvalue weighted by molar-refractivity contribution is 7.14. The minimum Gasteiger partial charge on any atom is -0.497 e. The number of hydrogen-bond acceptors (Lipinski definition) is 5. The average molecular weight is 359 g/mol. The third-order valence-electron chi connectivity index (χ3n) is 4.04. The quantitative estimate of drug-likeness (QED) is 0.382. The summed E-state index contributed by atoms with van der Waals surface area (Å²) in [5.74, 6) is 0.829. The first-order chi connectivity index (χ1) is 12.8. The molecule has 1 N–H and O–H groups in total. The molecule has 0 radical (unpaired) electrons. The molecule has 0 aliphatic heterocycles. The lowest BCUT2D eigenvalue weighted by molar-refractivity contribution is 0.415. The molecule has 1 aromatic heterocycles. The van der Waals surface area contributed by atoms with Crippen molar-refractivity contribution in [3.63, 3.8) is 0 Å². The van der Waals surface area contributed by atoms with Gasteiger partial charge in [0, 0.05) is 10.9 Å². The molecule has 5 heteroatoms. The predicted octanol–water partition coefficient (Wildman–Crippen LogP) is 5.42. The molecule has 0 atom stereocenters. The Labute approximate surface area is 155 Å². The van der Waals surface area contributed by atoms with Crippen molar-refractivity contribution in [3.8, 4) is 17.0 Å². The number of aromatic nitrogens is 1. The molecule has 0 amide bonds. The largest absolute Gasteiger partial charge is 0.497 e. The van der Waals surface area contributed by atoms with Gasteiger partial charge in [0.2, 0.25) is 5.13 Å². The molecule has 0 aliphatic carbocycles. The van der Waals surface area contributed by atoms with Gasteiger partial charge in [0.25, 0.3) is 0 Å². The maximum atomic E-state index is 5.15. The Morgan fingerprint density at radius 2 is 1.81 bits per heavy atom. The van der Waals surface area contributed by atoms with Crippen molar-refractivity contribution in [3.05, 3.63) is 77.7 Å². The van der Waals surface area contributed by atoms with E-state index in [1.54, 1.807) is 13.3 Å². The van der Waals surface area contributed by atoms with E-state index >= 15 is 0 Å². The summed E-state index contributed by atoms with van der Waals surface area (Å²) in [7, 11) is 1.65. The van der Waals surface area contributed by atoms with Crippen molar-refractivity contribution in [1.82, 2.24) is 4.98 Å². The fraction of sp³-hybridized carbons (Fsp3) is 0.0476. The second-order valence-corrected chi connectivity index (χ2v) is 6.60. The van der Waals surface area contributed by atoms with Crippen molar-refractivity contribution in [2.24, 2.45) is 5.10 Å². The number of methoxy groups -OCH3 is 1. The van der Waals surface area contributed by atoms with E-state index in [4.69, 9.17) is 4.74 Å². The molecule has 0 saturated carbocycles.